The third-order valence-corrected chi connectivity index (χ3v) is 4.64. The van der Waals surface area contributed by atoms with E-state index in [0.29, 0.717) is 16.1 Å². The number of ether oxygens (including phenoxy) is 2. The maximum Gasteiger partial charge on any atom is 0.338 e. The molecule has 1 saturated heterocycles. The van der Waals surface area contributed by atoms with Crippen molar-refractivity contribution in [2.45, 2.75) is 25.4 Å². The highest BCUT2D eigenvalue weighted by molar-refractivity contribution is 7.12. The van der Waals surface area contributed by atoms with Gasteiger partial charge in [-0.15, -0.1) is 11.3 Å². The molecule has 1 aliphatic rings. The first-order valence-electron chi connectivity index (χ1n) is 7.96. The summed E-state index contributed by atoms with van der Waals surface area (Å²) < 4.78 is 10.9. The van der Waals surface area contributed by atoms with E-state index in [9.17, 15) is 9.59 Å². The van der Waals surface area contributed by atoms with Crippen LogP contribution in [-0.2, 0) is 9.47 Å². The fraction of sp³-hybridized carbons (Fsp3) is 0.333. The zero-order valence-corrected chi connectivity index (χ0v) is 14.0. The number of rotatable bonds is 5. The highest BCUT2D eigenvalue weighted by Gasteiger charge is 2.17. The summed E-state index contributed by atoms with van der Waals surface area (Å²) in [4.78, 5) is 24.8. The average molecular weight is 345 g/mol. The van der Waals surface area contributed by atoms with Crippen LogP contribution in [0.25, 0.3) is 0 Å². The van der Waals surface area contributed by atoms with Crippen molar-refractivity contribution in [2.24, 2.45) is 0 Å². The first-order chi connectivity index (χ1) is 11.7. The molecular weight excluding hydrogens is 326 g/mol. The molecule has 0 bridgehead atoms. The van der Waals surface area contributed by atoms with E-state index in [4.69, 9.17) is 9.47 Å². The van der Waals surface area contributed by atoms with Crippen LogP contribution in [0.1, 0.15) is 39.3 Å². The van der Waals surface area contributed by atoms with Crippen molar-refractivity contribution < 1.29 is 19.1 Å². The summed E-state index contributed by atoms with van der Waals surface area (Å²) in [6, 6.07) is 10.3. The van der Waals surface area contributed by atoms with Crippen LogP contribution in [0.2, 0.25) is 0 Å². The summed E-state index contributed by atoms with van der Waals surface area (Å²) in [6.45, 7) is 0.997. The molecule has 1 amide bonds. The Bertz CT molecular complexity index is 693. The molecule has 2 aromatic rings. The Hall–Kier alpha value is -2.18. The number of hydrogen-bond donors (Lipinski definition) is 1. The number of hydrogen-bond acceptors (Lipinski definition) is 5. The Kier molecular flexibility index (Phi) is 5.61. The van der Waals surface area contributed by atoms with Gasteiger partial charge in [0, 0.05) is 12.3 Å². The largest absolute Gasteiger partial charge is 0.459 e. The van der Waals surface area contributed by atoms with Gasteiger partial charge in [-0.2, -0.15) is 0 Å². The maximum atomic E-state index is 12.2. The van der Waals surface area contributed by atoms with E-state index in [1.807, 2.05) is 11.4 Å². The molecule has 1 N–H and O–H groups in total. The SMILES string of the molecule is O=C(OCC1CCCCO1)c1cccc(NC(=O)c2cccs2)c1. The summed E-state index contributed by atoms with van der Waals surface area (Å²) in [6.07, 6.45) is 3.08. The van der Waals surface area contributed by atoms with Gasteiger partial charge in [0.2, 0.25) is 0 Å². The monoisotopic (exact) mass is 345 g/mol. The normalized spacial score (nSPS) is 17.2. The maximum absolute atomic E-state index is 12.2. The number of nitrogens with one attached hydrogen (secondary N) is 1. The number of benzene rings is 1. The van der Waals surface area contributed by atoms with Gasteiger partial charge >= 0.3 is 5.97 Å². The van der Waals surface area contributed by atoms with Gasteiger partial charge in [0.25, 0.3) is 5.91 Å². The van der Waals surface area contributed by atoms with Crippen LogP contribution < -0.4 is 5.32 Å². The number of amides is 1. The van der Waals surface area contributed by atoms with Crippen LogP contribution >= 0.6 is 11.3 Å². The van der Waals surface area contributed by atoms with Crippen LogP contribution in [-0.4, -0.2) is 31.2 Å². The molecule has 24 heavy (non-hydrogen) atoms. The second-order valence-corrected chi connectivity index (χ2v) is 6.55. The van der Waals surface area contributed by atoms with E-state index in [2.05, 4.69) is 5.32 Å². The first-order valence-corrected chi connectivity index (χ1v) is 8.84. The van der Waals surface area contributed by atoms with Crippen LogP contribution in [0.4, 0.5) is 5.69 Å². The summed E-state index contributed by atoms with van der Waals surface area (Å²) in [5, 5.41) is 4.63. The topological polar surface area (TPSA) is 64.6 Å². The molecule has 126 valence electrons. The van der Waals surface area contributed by atoms with Crippen molar-refractivity contribution in [1.82, 2.24) is 0 Å². The number of carbonyl (C=O) groups is 2. The molecule has 0 radical (unpaired) electrons. The summed E-state index contributed by atoms with van der Waals surface area (Å²) >= 11 is 1.37. The van der Waals surface area contributed by atoms with E-state index in [1.54, 1.807) is 30.3 Å². The summed E-state index contributed by atoms with van der Waals surface area (Å²) in [5.41, 5.74) is 0.978. The van der Waals surface area contributed by atoms with Crippen LogP contribution in [0.3, 0.4) is 0 Å². The van der Waals surface area contributed by atoms with E-state index >= 15 is 0 Å². The molecule has 0 aliphatic carbocycles. The molecular formula is C18H19NO4S. The second-order valence-electron chi connectivity index (χ2n) is 5.60. The third kappa shape index (κ3) is 4.43. The molecule has 5 nitrogen and oxygen atoms in total. The van der Waals surface area contributed by atoms with E-state index in [0.717, 1.165) is 25.9 Å². The molecule has 1 fully saturated rings. The molecule has 1 unspecified atom stereocenters. The minimum absolute atomic E-state index is 0.00980. The molecule has 1 aromatic heterocycles. The van der Waals surface area contributed by atoms with Crippen molar-refractivity contribution in [3.8, 4) is 0 Å². The first kappa shape index (κ1) is 16.7. The minimum atomic E-state index is -0.406. The lowest BCUT2D eigenvalue weighted by Crippen LogP contribution is -2.26. The Balaban J connectivity index is 1.57. The molecule has 0 saturated carbocycles. The van der Waals surface area contributed by atoms with Crippen molar-refractivity contribution in [2.75, 3.05) is 18.5 Å². The summed E-state index contributed by atoms with van der Waals surface area (Å²) in [7, 11) is 0. The quantitative estimate of drug-likeness (QED) is 0.839. The zero-order chi connectivity index (χ0) is 16.8. The number of anilines is 1. The van der Waals surface area contributed by atoms with Crippen LogP contribution in [0.15, 0.2) is 41.8 Å². The molecule has 6 heteroatoms. The Labute approximate surface area is 144 Å². The number of thiophene rings is 1. The van der Waals surface area contributed by atoms with Gasteiger partial charge in [-0.3, -0.25) is 4.79 Å². The van der Waals surface area contributed by atoms with Gasteiger partial charge in [0.1, 0.15) is 6.61 Å². The fourth-order valence-electron chi connectivity index (χ4n) is 2.52. The molecule has 1 atom stereocenters. The van der Waals surface area contributed by atoms with Gasteiger partial charge in [0.15, 0.2) is 0 Å². The van der Waals surface area contributed by atoms with Gasteiger partial charge in [-0.25, -0.2) is 4.79 Å². The zero-order valence-electron chi connectivity index (χ0n) is 13.2. The third-order valence-electron chi connectivity index (χ3n) is 3.78. The van der Waals surface area contributed by atoms with E-state index < -0.39 is 5.97 Å². The Morgan fingerprint density at radius 3 is 2.92 bits per heavy atom. The van der Waals surface area contributed by atoms with Crippen molar-refractivity contribution in [3.05, 3.63) is 52.2 Å². The smallest absolute Gasteiger partial charge is 0.338 e. The predicted molar refractivity (Wildman–Crippen MR) is 92.6 cm³/mol. The lowest BCUT2D eigenvalue weighted by molar-refractivity contribution is -0.0300. The van der Waals surface area contributed by atoms with Crippen LogP contribution in [0, 0.1) is 0 Å². The lowest BCUT2D eigenvalue weighted by Gasteiger charge is -2.22. The Morgan fingerprint density at radius 2 is 2.17 bits per heavy atom. The molecule has 1 aliphatic heterocycles. The average Bonchev–Trinajstić information content (AvgIpc) is 3.15. The molecule has 0 spiro atoms. The minimum Gasteiger partial charge on any atom is -0.459 e. The van der Waals surface area contributed by atoms with E-state index in [-0.39, 0.29) is 18.6 Å². The highest BCUT2D eigenvalue weighted by atomic mass is 32.1. The highest BCUT2D eigenvalue weighted by Crippen LogP contribution is 2.17. The van der Waals surface area contributed by atoms with Gasteiger partial charge < -0.3 is 14.8 Å². The van der Waals surface area contributed by atoms with Gasteiger partial charge in [0.05, 0.1) is 16.5 Å². The number of esters is 1. The van der Waals surface area contributed by atoms with Crippen molar-refractivity contribution in [3.63, 3.8) is 0 Å². The lowest BCUT2D eigenvalue weighted by atomic mass is 10.1. The summed E-state index contributed by atoms with van der Waals surface area (Å²) in [5.74, 6) is -0.595. The molecule has 1 aromatic carbocycles. The molecule has 2 heterocycles. The van der Waals surface area contributed by atoms with Crippen LogP contribution in [0.5, 0.6) is 0 Å². The van der Waals surface area contributed by atoms with Gasteiger partial charge in [-0.1, -0.05) is 12.1 Å². The van der Waals surface area contributed by atoms with Gasteiger partial charge in [-0.05, 0) is 48.9 Å². The standard InChI is InChI=1S/C18H19NO4S/c20-17(16-8-4-10-24-16)19-14-6-3-5-13(11-14)18(21)23-12-15-7-1-2-9-22-15/h3-6,8,10-11,15H,1-2,7,9,12H2,(H,19,20). The van der Waals surface area contributed by atoms with E-state index in [1.165, 1.54) is 11.3 Å². The Morgan fingerprint density at radius 1 is 1.25 bits per heavy atom. The van der Waals surface area contributed by atoms with Crippen molar-refractivity contribution >= 4 is 28.9 Å². The van der Waals surface area contributed by atoms with Crippen molar-refractivity contribution in [1.29, 1.82) is 0 Å². The fourth-order valence-corrected chi connectivity index (χ4v) is 3.13. The second kappa shape index (κ2) is 8.08. The molecule has 3 rings (SSSR count). The number of carbonyl (C=O) groups excluding carboxylic acids is 2. The predicted octanol–water partition coefficient (Wildman–Crippen LogP) is 3.73.